The van der Waals surface area contributed by atoms with E-state index in [0.29, 0.717) is 4.80 Å². The van der Waals surface area contributed by atoms with Gasteiger partial charge in [-0.2, -0.15) is 5.10 Å². The van der Waals surface area contributed by atoms with Crippen molar-refractivity contribution in [3.05, 3.63) is 116 Å². The molecule has 0 atom stereocenters. The highest BCUT2D eigenvalue weighted by Gasteiger charge is 2.37. The van der Waals surface area contributed by atoms with Gasteiger partial charge in [-0.25, -0.2) is 9.67 Å². The topological polar surface area (TPSA) is 76.0 Å². The van der Waals surface area contributed by atoms with Gasteiger partial charge in [-0.05, 0) is 48.4 Å². The molecule has 2 heterocycles. The van der Waals surface area contributed by atoms with Crippen molar-refractivity contribution < 1.29 is 4.92 Å². The Kier molecular flexibility index (Phi) is 6.35. The minimum absolute atomic E-state index is 0.0506. The van der Waals surface area contributed by atoms with Gasteiger partial charge in [0.15, 0.2) is 0 Å². The summed E-state index contributed by atoms with van der Waals surface area (Å²) in [5.74, 6) is 0. The summed E-state index contributed by atoms with van der Waals surface area (Å²) in [7, 11) is 2.08. The fraction of sp³-hybridized carbons (Fsp3) is 0.172. The molecule has 0 N–H and O–H groups in total. The number of fused-ring (bicyclic) bond motifs is 1. The molecule has 8 heteroatoms. The predicted octanol–water partition coefficient (Wildman–Crippen LogP) is 6.81. The zero-order chi connectivity index (χ0) is 26.2. The summed E-state index contributed by atoms with van der Waals surface area (Å²) in [4.78, 5) is 18.5. The third-order valence-electron chi connectivity index (χ3n) is 6.75. The van der Waals surface area contributed by atoms with E-state index in [-0.39, 0.29) is 11.1 Å². The Morgan fingerprint density at radius 1 is 1.00 bits per heavy atom. The van der Waals surface area contributed by atoms with Crippen LogP contribution in [-0.4, -0.2) is 22.9 Å². The Labute approximate surface area is 219 Å². The number of hydrogen-bond acceptors (Lipinski definition) is 6. The van der Waals surface area contributed by atoms with Crippen molar-refractivity contribution in [1.82, 2.24) is 4.68 Å². The van der Waals surface area contributed by atoms with Gasteiger partial charge in [-0.15, -0.1) is 11.3 Å². The van der Waals surface area contributed by atoms with E-state index in [1.807, 2.05) is 42.6 Å². The highest BCUT2D eigenvalue weighted by atomic mass is 32.1. The van der Waals surface area contributed by atoms with E-state index in [4.69, 9.17) is 10.1 Å². The summed E-state index contributed by atoms with van der Waals surface area (Å²) in [5.41, 5.74) is 7.07. The minimum atomic E-state index is -0.396. The molecule has 0 unspecified atom stereocenters. The standard InChI is InChI=1S/C29H27N5O2S/c1-20-9-5-7-11-24(20)31-28-33(26(19-37-28)21-13-15-22(16-14-21)34(35)36)30-18-17-27-29(2,3)23-10-6-8-12-25(23)32(27)4/h5-19H,1-4H3. The van der Waals surface area contributed by atoms with E-state index in [0.717, 1.165) is 28.2 Å². The number of para-hydroxylation sites is 2. The van der Waals surface area contributed by atoms with Crippen LogP contribution < -0.4 is 9.70 Å². The maximum atomic E-state index is 11.1. The number of aryl methyl sites for hydroxylation is 1. The Morgan fingerprint density at radius 2 is 1.70 bits per heavy atom. The number of non-ortho nitro benzene ring substituents is 1. The van der Waals surface area contributed by atoms with Crippen molar-refractivity contribution in [2.24, 2.45) is 10.1 Å². The van der Waals surface area contributed by atoms with Crippen molar-refractivity contribution in [2.75, 3.05) is 11.9 Å². The van der Waals surface area contributed by atoms with Crippen molar-refractivity contribution in [3.63, 3.8) is 0 Å². The first kappa shape index (κ1) is 24.4. The number of nitro groups is 1. The Hall–Kier alpha value is -4.30. The van der Waals surface area contributed by atoms with Crippen LogP contribution in [-0.2, 0) is 5.41 Å². The molecule has 1 aliphatic rings. The molecule has 5 rings (SSSR count). The smallest absolute Gasteiger partial charge is 0.269 e. The fourth-order valence-corrected chi connectivity index (χ4v) is 5.55. The van der Waals surface area contributed by atoms with Crippen LogP contribution in [0.25, 0.3) is 11.3 Å². The van der Waals surface area contributed by atoms with E-state index < -0.39 is 4.92 Å². The normalized spacial score (nSPS) is 16.1. The molecule has 4 aromatic rings. The van der Waals surface area contributed by atoms with Crippen LogP contribution in [0, 0.1) is 17.0 Å². The fourth-order valence-electron chi connectivity index (χ4n) is 4.71. The predicted molar refractivity (Wildman–Crippen MR) is 151 cm³/mol. The van der Waals surface area contributed by atoms with E-state index in [2.05, 4.69) is 50.1 Å². The molecule has 186 valence electrons. The van der Waals surface area contributed by atoms with Gasteiger partial charge < -0.3 is 4.90 Å². The lowest BCUT2D eigenvalue weighted by Crippen LogP contribution is -2.23. The van der Waals surface area contributed by atoms with E-state index in [1.165, 1.54) is 34.7 Å². The summed E-state index contributed by atoms with van der Waals surface area (Å²) < 4.78 is 1.80. The highest BCUT2D eigenvalue weighted by molar-refractivity contribution is 7.07. The molecule has 0 bridgehead atoms. The molecule has 0 radical (unpaired) electrons. The van der Waals surface area contributed by atoms with Crippen LogP contribution in [0.4, 0.5) is 17.1 Å². The van der Waals surface area contributed by atoms with Gasteiger partial charge >= 0.3 is 0 Å². The van der Waals surface area contributed by atoms with Crippen LogP contribution in [0.3, 0.4) is 0 Å². The number of benzene rings is 3. The lowest BCUT2D eigenvalue weighted by molar-refractivity contribution is -0.384. The van der Waals surface area contributed by atoms with Gasteiger partial charge in [0, 0.05) is 53.1 Å². The van der Waals surface area contributed by atoms with E-state index in [9.17, 15) is 10.1 Å². The van der Waals surface area contributed by atoms with Gasteiger partial charge in [-0.1, -0.05) is 50.2 Å². The monoisotopic (exact) mass is 509 g/mol. The summed E-state index contributed by atoms with van der Waals surface area (Å²) in [6.07, 6.45) is 3.85. The molecule has 0 aliphatic carbocycles. The second-order valence-electron chi connectivity index (χ2n) is 9.44. The molecular weight excluding hydrogens is 482 g/mol. The second-order valence-corrected chi connectivity index (χ2v) is 10.3. The zero-order valence-corrected chi connectivity index (χ0v) is 21.9. The lowest BCUT2D eigenvalue weighted by atomic mass is 9.84. The maximum Gasteiger partial charge on any atom is 0.269 e. The number of likely N-dealkylation sites (N-methyl/N-ethyl adjacent to an activating group) is 1. The third-order valence-corrected chi connectivity index (χ3v) is 7.56. The summed E-state index contributed by atoms with van der Waals surface area (Å²) in [6.45, 7) is 6.46. The lowest BCUT2D eigenvalue weighted by Gasteiger charge is -2.23. The first-order chi connectivity index (χ1) is 17.8. The number of anilines is 1. The zero-order valence-electron chi connectivity index (χ0n) is 21.1. The van der Waals surface area contributed by atoms with Crippen molar-refractivity contribution in [3.8, 4) is 11.3 Å². The molecule has 0 saturated carbocycles. The first-order valence-electron chi connectivity index (χ1n) is 11.9. The average molecular weight is 510 g/mol. The second kappa shape index (κ2) is 9.63. The molecule has 37 heavy (non-hydrogen) atoms. The molecule has 3 aromatic carbocycles. The van der Waals surface area contributed by atoms with Crippen molar-refractivity contribution >= 4 is 34.6 Å². The molecule has 0 spiro atoms. The third kappa shape index (κ3) is 4.51. The Bertz CT molecular complexity index is 1610. The average Bonchev–Trinajstić information content (AvgIpc) is 3.37. The van der Waals surface area contributed by atoms with E-state index >= 15 is 0 Å². The van der Waals surface area contributed by atoms with Gasteiger partial charge in [0.1, 0.15) is 0 Å². The molecule has 1 aliphatic heterocycles. The van der Waals surface area contributed by atoms with Crippen LogP contribution in [0.2, 0.25) is 0 Å². The van der Waals surface area contributed by atoms with E-state index in [1.54, 1.807) is 23.0 Å². The summed E-state index contributed by atoms with van der Waals surface area (Å²) in [5, 5.41) is 17.9. The number of nitrogens with zero attached hydrogens (tertiary/aromatic N) is 5. The molecule has 0 amide bonds. The number of aromatic nitrogens is 1. The number of nitro benzene ring substituents is 1. The molecule has 1 aromatic heterocycles. The quantitative estimate of drug-likeness (QED) is 0.168. The summed E-state index contributed by atoms with van der Waals surface area (Å²) in [6, 6.07) is 22.9. The van der Waals surface area contributed by atoms with Crippen LogP contribution in [0.5, 0.6) is 0 Å². The van der Waals surface area contributed by atoms with Crippen LogP contribution >= 0.6 is 11.3 Å². The van der Waals surface area contributed by atoms with Crippen LogP contribution in [0.1, 0.15) is 25.0 Å². The maximum absolute atomic E-state index is 11.1. The molecule has 0 saturated heterocycles. The minimum Gasteiger partial charge on any atom is -0.347 e. The first-order valence-corrected chi connectivity index (χ1v) is 12.8. The van der Waals surface area contributed by atoms with Crippen molar-refractivity contribution in [1.29, 1.82) is 0 Å². The number of allylic oxidation sites excluding steroid dienone is 2. The SMILES string of the molecule is Cc1ccccc1N=c1scc(-c2ccc([N+](=O)[O-])cc2)n1N=CC=C1N(C)c2ccccc2C1(C)C. The number of thiazole rings is 1. The Balaban J connectivity index is 1.60. The van der Waals surface area contributed by atoms with Gasteiger partial charge in [0.05, 0.1) is 16.3 Å². The van der Waals surface area contributed by atoms with Crippen LogP contribution in [0.15, 0.2) is 100 Å². The van der Waals surface area contributed by atoms with Gasteiger partial charge in [0.25, 0.3) is 5.69 Å². The van der Waals surface area contributed by atoms with Gasteiger partial charge in [-0.3, -0.25) is 10.1 Å². The van der Waals surface area contributed by atoms with Crippen molar-refractivity contribution in [2.45, 2.75) is 26.2 Å². The Morgan fingerprint density at radius 3 is 2.41 bits per heavy atom. The van der Waals surface area contributed by atoms with Gasteiger partial charge in [0.2, 0.25) is 4.80 Å². The number of hydrogen-bond donors (Lipinski definition) is 0. The largest absolute Gasteiger partial charge is 0.347 e. The number of rotatable bonds is 5. The molecule has 7 nitrogen and oxygen atoms in total. The summed E-state index contributed by atoms with van der Waals surface area (Å²) >= 11 is 1.48. The molecular formula is C29H27N5O2S. The molecule has 0 fully saturated rings. The highest BCUT2D eigenvalue weighted by Crippen LogP contribution is 2.46.